The highest BCUT2D eigenvalue weighted by Gasteiger charge is 2.11. The molecular weight excluding hydrogens is 192 g/mol. The van der Waals surface area contributed by atoms with Crippen molar-refractivity contribution in [1.82, 2.24) is 0 Å². The van der Waals surface area contributed by atoms with Crippen molar-refractivity contribution in [2.24, 2.45) is 0 Å². The maximum Gasteiger partial charge on any atom is 0.171 e. The zero-order chi connectivity index (χ0) is 10.4. The quantitative estimate of drug-likeness (QED) is 0.734. The van der Waals surface area contributed by atoms with Crippen molar-refractivity contribution in [3.05, 3.63) is 17.0 Å². The smallest absolute Gasteiger partial charge is 0.171 e. The van der Waals surface area contributed by atoms with Crippen LogP contribution in [-0.4, -0.2) is 5.11 Å². The Hall–Kier alpha value is -0.500. The van der Waals surface area contributed by atoms with Crippen LogP contribution in [-0.2, 0) is 0 Å². The Kier molecular flexibility index (Phi) is 5.02. The van der Waals surface area contributed by atoms with Crippen molar-refractivity contribution in [3.8, 4) is 5.06 Å². The average Bonchev–Trinajstić information content (AvgIpc) is 2.59. The van der Waals surface area contributed by atoms with Gasteiger partial charge in [0.05, 0.1) is 0 Å². The van der Waals surface area contributed by atoms with Crippen LogP contribution in [0.2, 0.25) is 0 Å². The summed E-state index contributed by atoms with van der Waals surface area (Å²) in [6, 6.07) is 1.93. The molecule has 14 heavy (non-hydrogen) atoms. The summed E-state index contributed by atoms with van der Waals surface area (Å²) in [5.74, 6) is 0.664. The standard InChI is InChI=1S/C12H20OS/c1-3-5-7-10(6-4-2)11-8-12(13)14-9-11/h8-10,13H,3-7H2,1-2H3. The molecule has 0 radical (unpaired) electrons. The summed E-state index contributed by atoms with van der Waals surface area (Å²) in [6.07, 6.45) is 6.29. The molecule has 1 aromatic heterocycles. The summed E-state index contributed by atoms with van der Waals surface area (Å²) in [7, 11) is 0. The largest absolute Gasteiger partial charge is 0.499 e. The van der Waals surface area contributed by atoms with Crippen LogP contribution in [0.5, 0.6) is 5.06 Å². The fraction of sp³-hybridized carbons (Fsp3) is 0.667. The van der Waals surface area contributed by atoms with Gasteiger partial charge in [-0.3, -0.25) is 0 Å². The first kappa shape index (κ1) is 11.6. The number of thiophene rings is 1. The molecule has 0 amide bonds. The molecular formula is C12H20OS. The minimum Gasteiger partial charge on any atom is -0.499 e. The minimum absolute atomic E-state index is 0.456. The Balaban J connectivity index is 2.57. The zero-order valence-corrected chi connectivity index (χ0v) is 9.94. The van der Waals surface area contributed by atoms with E-state index in [2.05, 4.69) is 19.2 Å². The molecule has 1 heterocycles. The predicted octanol–water partition coefficient (Wildman–Crippen LogP) is 4.53. The van der Waals surface area contributed by atoms with Crippen molar-refractivity contribution in [3.63, 3.8) is 0 Å². The van der Waals surface area contributed by atoms with E-state index < -0.39 is 0 Å². The Morgan fingerprint density at radius 2 is 2.07 bits per heavy atom. The van der Waals surface area contributed by atoms with Gasteiger partial charge in [-0.1, -0.05) is 33.1 Å². The van der Waals surface area contributed by atoms with Gasteiger partial charge in [0.2, 0.25) is 0 Å². The first-order valence-electron chi connectivity index (χ1n) is 5.55. The number of hydrogen-bond donors (Lipinski definition) is 1. The van der Waals surface area contributed by atoms with E-state index in [1.807, 2.05) is 6.07 Å². The lowest BCUT2D eigenvalue weighted by Crippen LogP contribution is -1.96. The molecule has 0 aromatic carbocycles. The monoisotopic (exact) mass is 212 g/mol. The highest BCUT2D eigenvalue weighted by Crippen LogP contribution is 2.32. The second-order valence-corrected chi connectivity index (χ2v) is 4.74. The molecule has 0 fully saturated rings. The molecule has 2 heteroatoms. The summed E-state index contributed by atoms with van der Waals surface area (Å²) >= 11 is 1.45. The van der Waals surface area contributed by atoms with E-state index in [1.165, 1.54) is 49.0 Å². The van der Waals surface area contributed by atoms with Gasteiger partial charge in [0.15, 0.2) is 5.06 Å². The Labute approximate surface area is 90.8 Å². The lowest BCUT2D eigenvalue weighted by molar-refractivity contribution is 0.488. The zero-order valence-electron chi connectivity index (χ0n) is 9.12. The van der Waals surface area contributed by atoms with Crippen LogP contribution >= 0.6 is 11.3 Å². The van der Waals surface area contributed by atoms with Crippen LogP contribution in [0.1, 0.15) is 57.4 Å². The van der Waals surface area contributed by atoms with Gasteiger partial charge in [0, 0.05) is 0 Å². The van der Waals surface area contributed by atoms with E-state index in [-0.39, 0.29) is 0 Å². The molecule has 0 aliphatic heterocycles. The molecule has 0 aliphatic carbocycles. The molecule has 0 aliphatic rings. The molecule has 1 nitrogen and oxygen atoms in total. The molecule has 80 valence electrons. The van der Waals surface area contributed by atoms with E-state index in [9.17, 15) is 5.11 Å². The highest BCUT2D eigenvalue weighted by molar-refractivity contribution is 7.11. The SMILES string of the molecule is CCCCC(CCC)c1csc(O)c1. The van der Waals surface area contributed by atoms with Crippen LogP contribution in [0.25, 0.3) is 0 Å². The van der Waals surface area contributed by atoms with E-state index in [0.717, 1.165) is 0 Å². The number of aromatic hydroxyl groups is 1. The first-order valence-corrected chi connectivity index (χ1v) is 6.43. The van der Waals surface area contributed by atoms with Crippen molar-refractivity contribution in [1.29, 1.82) is 0 Å². The van der Waals surface area contributed by atoms with Crippen molar-refractivity contribution in [2.45, 2.75) is 51.9 Å². The lowest BCUT2D eigenvalue weighted by atomic mass is 9.92. The number of rotatable bonds is 6. The fourth-order valence-electron chi connectivity index (χ4n) is 1.83. The second-order valence-electron chi connectivity index (χ2n) is 3.85. The van der Waals surface area contributed by atoms with Gasteiger partial charge in [-0.2, -0.15) is 0 Å². The van der Waals surface area contributed by atoms with Gasteiger partial charge < -0.3 is 5.11 Å². The van der Waals surface area contributed by atoms with Gasteiger partial charge in [-0.25, -0.2) is 0 Å². The molecule has 1 rings (SSSR count). The van der Waals surface area contributed by atoms with E-state index in [1.54, 1.807) is 0 Å². The molecule has 1 N–H and O–H groups in total. The minimum atomic E-state index is 0.456. The van der Waals surface area contributed by atoms with Gasteiger partial charge in [-0.05, 0) is 35.8 Å². The van der Waals surface area contributed by atoms with Crippen LogP contribution in [0.15, 0.2) is 11.4 Å². The topological polar surface area (TPSA) is 20.2 Å². The van der Waals surface area contributed by atoms with Crippen LogP contribution < -0.4 is 0 Å². The predicted molar refractivity (Wildman–Crippen MR) is 63.2 cm³/mol. The van der Waals surface area contributed by atoms with Crippen LogP contribution in [0.4, 0.5) is 0 Å². The maximum atomic E-state index is 9.31. The first-order chi connectivity index (χ1) is 6.77. The van der Waals surface area contributed by atoms with Crippen LogP contribution in [0.3, 0.4) is 0 Å². The number of unbranched alkanes of at least 4 members (excludes halogenated alkanes) is 1. The third-order valence-corrected chi connectivity index (χ3v) is 3.37. The Morgan fingerprint density at radius 1 is 1.29 bits per heavy atom. The summed E-state index contributed by atoms with van der Waals surface area (Å²) in [5, 5.41) is 11.9. The Morgan fingerprint density at radius 3 is 2.57 bits per heavy atom. The fourth-order valence-corrected chi connectivity index (χ4v) is 2.55. The van der Waals surface area contributed by atoms with E-state index >= 15 is 0 Å². The van der Waals surface area contributed by atoms with Crippen LogP contribution in [0, 0.1) is 0 Å². The third-order valence-electron chi connectivity index (χ3n) is 2.62. The maximum absolute atomic E-state index is 9.31. The van der Waals surface area contributed by atoms with Gasteiger partial charge >= 0.3 is 0 Å². The summed E-state index contributed by atoms with van der Waals surface area (Å²) in [4.78, 5) is 0. The highest BCUT2D eigenvalue weighted by atomic mass is 32.1. The lowest BCUT2D eigenvalue weighted by Gasteiger charge is -2.13. The molecule has 1 atom stereocenters. The molecule has 0 saturated heterocycles. The van der Waals surface area contributed by atoms with Gasteiger partial charge in [0.1, 0.15) is 0 Å². The molecule has 1 unspecified atom stereocenters. The average molecular weight is 212 g/mol. The van der Waals surface area contributed by atoms with Gasteiger partial charge in [-0.15, -0.1) is 11.3 Å². The van der Waals surface area contributed by atoms with Gasteiger partial charge in [0.25, 0.3) is 0 Å². The molecule has 0 saturated carbocycles. The van der Waals surface area contributed by atoms with Crippen molar-refractivity contribution >= 4 is 11.3 Å². The van der Waals surface area contributed by atoms with Crippen molar-refractivity contribution < 1.29 is 5.11 Å². The molecule has 0 bridgehead atoms. The molecule has 1 aromatic rings. The van der Waals surface area contributed by atoms with E-state index in [4.69, 9.17) is 0 Å². The summed E-state index contributed by atoms with van der Waals surface area (Å²) in [6.45, 7) is 4.46. The Bertz CT molecular complexity index is 255. The summed E-state index contributed by atoms with van der Waals surface area (Å²) in [5.41, 5.74) is 1.34. The number of hydrogen-bond acceptors (Lipinski definition) is 2. The van der Waals surface area contributed by atoms with E-state index in [0.29, 0.717) is 11.0 Å². The second kappa shape index (κ2) is 6.07. The van der Waals surface area contributed by atoms with Crippen molar-refractivity contribution in [2.75, 3.05) is 0 Å². The molecule has 0 spiro atoms. The normalized spacial score (nSPS) is 13.0. The third kappa shape index (κ3) is 3.33. The summed E-state index contributed by atoms with van der Waals surface area (Å²) < 4.78 is 0.